The lowest BCUT2D eigenvalue weighted by molar-refractivity contribution is -0.140. The van der Waals surface area contributed by atoms with Gasteiger partial charge >= 0.3 is 6.18 Å². The van der Waals surface area contributed by atoms with Gasteiger partial charge in [0.15, 0.2) is 0 Å². The first kappa shape index (κ1) is 24.0. The van der Waals surface area contributed by atoms with E-state index in [2.05, 4.69) is 5.32 Å². The lowest BCUT2D eigenvalue weighted by Gasteiger charge is -2.10. The number of rotatable bonds is 7. The summed E-state index contributed by atoms with van der Waals surface area (Å²) in [5.74, 6) is -4.54. The van der Waals surface area contributed by atoms with Crippen molar-refractivity contribution >= 4 is 34.9 Å². The largest absolute Gasteiger partial charge is 0.419 e. The van der Waals surface area contributed by atoms with E-state index in [-0.39, 0.29) is 35.9 Å². The standard InChI is InChI=1S/C23H18Cl2F5NO2/c24-22(25)19(13-4-6-17(27)15(9-13)23(28,29)30)20(22)18(32)8-11-1-5-16(26)14(7-11)10-31-21(33)12-2-3-12/h1,4-7,9,12,19-20H,2-3,8,10H2,(H,31,33). The zero-order valence-electron chi connectivity index (χ0n) is 17.0. The molecule has 2 aliphatic rings. The molecule has 0 aliphatic heterocycles. The van der Waals surface area contributed by atoms with Crippen molar-refractivity contribution in [2.24, 2.45) is 11.8 Å². The number of hydrogen-bond donors (Lipinski definition) is 1. The first-order valence-corrected chi connectivity index (χ1v) is 11.0. The number of nitrogens with one attached hydrogen (secondary N) is 1. The van der Waals surface area contributed by atoms with Crippen LogP contribution in [0.4, 0.5) is 22.0 Å². The highest BCUT2D eigenvalue weighted by Gasteiger charge is 2.67. The smallest absolute Gasteiger partial charge is 0.352 e. The van der Waals surface area contributed by atoms with Gasteiger partial charge in [0.2, 0.25) is 5.91 Å². The number of hydrogen-bond acceptors (Lipinski definition) is 2. The molecule has 0 spiro atoms. The van der Waals surface area contributed by atoms with Gasteiger partial charge in [0.1, 0.15) is 21.8 Å². The van der Waals surface area contributed by atoms with Crippen LogP contribution in [0.3, 0.4) is 0 Å². The van der Waals surface area contributed by atoms with Crippen molar-refractivity contribution in [2.45, 2.75) is 42.2 Å². The predicted molar refractivity (Wildman–Crippen MR) is 112 cm³/mol. The molecule has 0 aromatic heterocycles. The van der Waals surface area contributed by atoms with E-state index < -0.39 is 45.3 Å². The highest BCUT2D eigenvalue weighted by Crippen LogP contribution is 2.65. The summed E-state index contributed by atoms with van der Waals surface area (Å²) >= 11 is 12.4. The maximum atomic E-state index is 14.1. The van der Waals surface area contributed by atoms with Crippen molar-refractivity contribution < 1.29 is 31.5 Å². The van der Waals surface area contributed by atoms with Crippen LogP contribution in [0.1, 0.15) is 41.0 Å². The molecular formula is C23H18Cl2F5NO2. The topological polar surface area (TPSA) is 46.2 Å². The summed E-state index contributed by atoms with van der Waals surface area (Å²) in [6, 6.07) is 6.44. The van der Waals surface area contributed by atoms with Crippen LogP contribution >= 0.6 is 23.2 Å². The zero-order valence-corrected chi connectivity index (χ0v) is 18.5. The van der Waals surface area contributed by atoms with Gasteiger partial charge in [-0.2, -0.15) is 13.2 Å². The molecule has 2 aromatic carbocycles. The fourth-order valence-corrected chi connectivity index (χ4v) is 4.83. The molecule has 3 nitrogen and oxygen atoms in total. The number of amides is 1. The Kier molecular flexibility index (Phi) is 6.20. The Balaban J connectivity index is 1.48. The summed E-state index contributed by atoms with van der Waals surface area (Å²) in [6.07, 6.45) is -3.47. The fourth-order valence-electron chi connectivity index (χ4n) is 3.95. The minimum absolute atomic E-state index is 0.00894. The van der Waals surface area contributed by atoms with Crippen LogP contribution in [-0.4, -0.2) is 16.0 Å². The number of benzene rings is 2. The molecule has 1 amide bonds. The molecule has 0 radical (unpaired) electrons. The molecule has 2 unspecified atom stereocenters. The Bertz CT molecular complexity index is 1110. The van der Waals surface area contributed by atoms with E-state index in [1.54, 1.807) is 0 Å². The molecule has 0 bridgehead atoms. The number of Topliss-reactive ketones (excluding diaryl/α,β-unsaturated/α-hetero) is 1. The minimum atomic E-state index is -4.91. The van der Waals surface area contributed by atoms with Gasteiger partial charge in [0, 0.05) is 30.4 Å². The summed E-state index contributed by atoms with van der Waals surface area (Å²) in [4.78, 5) is 24.6. The van der Waals surface area contributed by atoms with Crippen LogP contribution in [0.15, 0.2) is 36.4 Å². The van der Waals surface area contributed by atoms with E-state index in [4.69, 9.17) is 23.2 Å². The highest BCUT2D eigenvalue weighted by molar-refractivity contribution is 6.53. The van der Waals surface area contributed by atoms with Gasteiger partial charge < -0.3 is 5.32 Å². The van der Waals surface area contributed by atoms with E-state index in [0.717, 1.165) is 18.9 Å². The fraction of sp³-hybridized carbons (Fsp3) is 0.391. The van der Waals surface area contributed by atoms with Gasteiger partial charge in [0.25, 0.3) is 0 Å². The molecule has 2 saturated carbocycles. The monoisotopic (exact) mass is 505 g/mol. The molecule has 0 heterocycles. The van der Waals surface area contributed by atoms with Crippen LogP contribution in [0.5, 0.6) is 0 Å². The lowest BCUT2D eigenvalue weighted by atomic mass is 10.00. The summed E-state index contributed by atoms with van der Waals surface area (Å²) in [6.45, 7) is -0.0278. The second-order valence-electron chi connectivity index (χ2n) is 8.43. The Labute approximate surface area is 196 Å². The second-order valence-corrected chi connectivity index (χ2v) is 9.87. The van der Waals surface area contributed by atoms with Gasteiger partial charge in [-0.1, -0.05) is 18.2 Å². The van der Waals surface area contributed by atoms with Crippen LogP contribution in [-0.2, 0) is 28.7 Å². The Hall–Kier alpha value is -2.19. The maximum Gasteiger partial charge on any atom is 0.419 e. The lowest BCUT2D eigenvalue weighted by Crippen LogP contribution is -2.24. The second kappa shape index (κ2) is 8.55. The maximum absolute atomic E-state index is 14.1. The quantitative estimate of drug-likeness (QED) is 0.387. The van der Waals surface area contributed by atoms with Crippen molar-refractivity contribution in [1.82, 2.24) is 5.32 Å². The third-order valence-electron chi connectivity index (χ3n) is 5.95. The predicted octanol–water partition coefficient (Wildman–Crippen LogP) is 5.71. The summed E-state index contributed by atoms with van der Waals surface area (Å²) < 4.78 is 65.2. The molecule has 33 heavy (non-hydrogen) atoms. The van der Waals surface area contributed by atoms with E-state index in [1.807, 2.05) is 0 Å². The molecule has 176 valence electrons. The molecule has 2 fully saturated rings. The van der Waals surface area contributed by atoms with E-state index in [0.29, 0.717) is 17.7 Å². The van der Waals surface area contributed by atoms with Crippen LogP contribution in [0.2, 0.25) is 0 Å². The van der Waals surface area contributed by atoms with E-state index >= 15 is 0 Å². The van der Waals surface area contributed by atoms with Gasteiger partial charge in [-0.15, -0.1) is 23.2 Å². The van der Waals surface area contributed by atoms with Crippen LogP contribution < -0.4 is 5.32 Å². The first-order chi connectivity index (χ1) is 15.4. The number of carbonyl (C=O) groups is 2. The summed E-state index contributed by atoms with van der Waals surface area (Å²) in [7, 11) is 0. The van der Waals surface area contributed by atoms with Crippen molar-refractivity contribution in [1.29, 1.82) is 0 Å². The first-order valence-electron chi connectivity index (χ1n) is 10.2. The molecule has 1 N–H and O–H groups in total. The highest BCUT2D eigenvalue weighted by atomic mass is 35.5. The van der Waals surface area contributed by atoms with Crippen molar-refractivity contribution in [3.05, 3.63) is 70.3 Å². The molecule has 2 aliphatic carbocycles. The summed E-state index contributed by atoms with van der Waals surface area (Å²) in [5.41, 5.74) is -0.798. The number of halogens is 7. The minimum Gasteiger partial charge on any atom is -0.352 e. The molecule has 0 saturated heterocycles. The van der Waals surface area contributed by atoms with Crippen molar-refractivity contribution in [3.8, 4) is 0 Å². The molecule has 2 aromatic rings. The van der Waals surface area contributed by atoms with Crippen LogP contribution in [0, 0.1) is 23.5 Å². The summed E-state index contributed by atoms with van der Waals surface area (Å²) in [5, 5.41) is 2.65. The molecule has 10 heteroatoms. The Morgan fingerprint density at radius 3 is 2.33 bits per heavy atom. The number of carbonyl (C=O) groups excluding carboxylic acids is 2. The third kappa shape index (κ3) is 5.01. The average molecular weight is 506 g/mol. The number of ketones is 1. The molecule has 2 atom stereocenters. The van der Waals surface area contributed by atoms with Gasteiger partial charge in [-0.25, -0.2) is 8.78 Å². The zero-order chi connectivity index (χ0) is 24.1. The van der Waals surface area contributed by atoms with Gasteiger partial charge in [-0.3, -0.25) is 9.59 Å². The van der Waals surface area contributed by atoms with Gasteiger partial charge in [0.05, 0.1) is 11.5 Å². The normalized spacial score (nSPS) is 21.5. The Morgan fingerprint density at radius 2 is 1.70 bits per heavy atom. The SMILES string of the molecule is O=C(NCc1cc(CC(=O)C2C(c3ccc(F)c(C(F)(F)F)c3)C2(Cl)Cl)ccc1F)C1CC1. The van der Waals surface area contributed by atoms with E-state index in [9.17, 15) is 31.5 Å². The third-order valence-corrected chi connectivity index (χ3v) is 6.89. The van der Waals surface area contributed by atoms with Crippen LogP contribution in [0.25, 0.3) is 0 Å². The van der Waals surface area contributed by atoms with Crippen molar-refractivity contribution in [2.75, 3.05) is 0 Å². The molecule has 4 rings (SSSR count). The Morgan fingerprint density at radius 1 is 1.03 bits per heavy atom. The number of alkyl halides is 5. The van der Waals surface area contributed by atoms with E-state index in [1.165, 1.54) is 18.2 Å². The van der Waals surface area contributed by atoms with Gasteiger partial charge in [-0.05, 0) is 42.2 Å². The molecular weight excluding hydrogens is 488 g/mol. The van der Waals surface area contributed by atoms with Crippen molar-refractivity contribution in [3.63, 3.8) is 0 Å². The average Bonchev–Trinajstić information content (AvgIpc) is 3.63.